The molecule has 26 heavy (non-hydrogen) atoms. The van der Waals surface area contributed by atoms with Crippen molar-refractivity contribution in [1.82, 2.24) is 10.2 Å². The molecular weight excluding hydrogens is 336 g/mol. The Hall–Kier alpha value is -2.28. The Morgan fingerprint density at radius 2 is 1.81 bits per heavy atom. The van der Waals surface area contributed by atoms with Gasteiger partial charge in [-0.1, -0.05) is 12.1 Å². The van der Waals surface area contributed by atoms with Crippen LogP contribution in [0.15, 0.2) is 24.3 Å². The van der Waals surface area contributed by atoms with Crippen molar-refractivity contribution in [1.29, 1.82) is 0 Å². The number of rotatable bonds is 5. The molecule has 1 aliphatic heterocycles. The summed E-state index contributed by atoms with van der Waals surface area (Å²) in [4.78, 5) is 26.3. The van der Waals surface area contributed by atoms with Crippen LogP contribution in [0.1, 0.15) is 26.3 Å². The first-order valence-electron chi connectivity index (χ1n) is 8.64. The smallest absolute Gasteiger partial charge is 0.407 e. The first kappa shape index (κ1) is 20.0. The number of carbonyl (C=O) groups excluding carboxylic acids is 2. The van der Waals surface area contributed by atoms with Gasteiger partial charge in [0.05, 0.1) is 26.2 Å². The third-order valence-corrected chi connectivity index (χ3v) is 4.17. The average molecular weight is 364 g/mol. The van der Waals surface area contributed by atoms with Crippen LogP contribution in [0.25, 0.3) is 0 Å². The molecular formula is C19H28N2O5. The highest BCUT2D eigenvalue weighted by Gasteiger charge is 2.39. The monoisotopic (exact) mass is 364 g/mol. The van der Waals surface area contributed by atoms with Gasteiger partial charge in [-0.15, -0.1) is 0 Å². The van der Waals surface area contributed by atoms with Gasteiger partial charge in [0.2, 0.25) is 0 Å². The van der Waals surface area contributed by atoms with Crippen LogP contribution in [0.3, 0.4) is 0 Å². The van der Waals surface area contributed by atoms with Gasteiger partial charge in [0, 0.05) is 19.6 Å². The maximum absolute atomic E-state index is 12.1. The minimum absolute atomic E-state index is 0.330. The highest BCUT2D eigenvalue weighted by atomic mass is 16.6. The van der Waals surface area contributed by atoms with E-state index < -0.39 is 17.6 Å². The van der Waals surface area contributed by atoms with Gasteiger partial charge in [-0.2, -0.15) is 0 Å². The lowest BCUT2D eigenvalue weighted by atomic mass is 10.0. The average Bonchev–Trinajstić information content (AvgIpc) is 2.95. The SMILES string of the molecule is COC(=O)[C@@H]1CN(Cc2ccc(OC)cc2)C[C@@H]1NC(=O)OC(C)(C)C. The van der Waals surface area contributed by atoms with E-state index in [1.165, 1.54) is 7.11 Å². The molecule has 2 atom stereocenters. The quantitative estimate of drug-likeness (QED) is 0.807. The number of hydrogen-bond donors (Lipinski definition) is 1. The minimum atomic E-state index is -0.591. The number of nitrogens with zero attached hydrogens (tertiary/aromatic N) is 1. The Morgan fingerprint density at radius 3 is 2.35 bits per heavy atom. The summed E-state index contributed by atoms with van der Waals surface area (Å²) in [7, 11) is 2.99. The van der Waals surface area contributed by atoms with E-state index in [-0.39, 0.29) is 12.0 Å². The summed E-state index contributed by atoms with van der Waals surface area (Å²) in [5.41, 5.74) is 0.513. The lowest BCUT2D eigenvalue weighted by molar-refractivity contribution is -0.145. The molecule has 7 heteroatoms. The third-order valence-electron chi connectivity index (χ3n) is 4.17. The predicted molar refractivity (Wildman–Crippen MR) is 96.9 cm³/mol. The molecule has 0 spiro atoms. The second-order valence-electron chi connectivity index (χ2n) is 7.42. The van der Waals surface area contributed by atoms with Gasteiger partial charge in [0.15, 0.2) is 0 Å². The van der Waals surface area contributed by atoms with Crippen LogP contribution in [-0.2, 0) is 20.8 Å². The molecule has 0 saturated carbocycles. The number of hydrogen-bond acceptors (Lipinski definition) is 6. The van der Waals surface area contributed by atoms with E-state index in [2.05, 4.69) is 10.2 Å². The molecule has 1 N–H and O–H groups in total. The number of benzene rings is 1. The van der Waals surface area contributed by atoms with E-state index in [9.17, 15) is 9.59 Å². The van der Waals surface area contributed by atoms with E-state index >= 15 is 0 Å². The predicted octanol–water partition coefficient (Wildman–Crippen LogP) is 2.19. The fourth-order valence-corrected chi connectivity index (χ4v) is 3.00. The van der Waals surface area contributed by atoms with Crippen molar-refractivity contribution in [2.75, 3.05) is 27.3 Å². The third kappa shape index (κ3) is 5.62. The van der Waals surface area contributed by atoms with Crippen LogP contribution in [0.2, 0.25) is 0 Å². The summed E-state index contributed by atoms with van der Waals surface area (Å²) in [6, 6.07) is 7.43. The molecule has 7 nitrogen and oxygen atoms in total. The molecule has 1 aromatic carbocycles. The summed E-state index contributed by atoms with van der Waals surface area (Å²) in [5.74, 6) is 0.0427. The molecule has 1 saturated heterocycles. The minimum Gasteiger partial charge on any atom is -0.497 e. The molecule has 0 radical (unpaired) electrons. The number of carbonyl (C=O) groups is 2. The number of ether oxygens (including phenoxy) is 3. The van der Waals surface area contributed by atoms with Crippen LogP contribution in [0.4, 0.5) is 4.79 Å². The fraction of sp³-hybridized carbons (Fsp3) is 0.579. The highest BCUT2D eigenvalue weighted by molar-refractivity contribution is 5.76. The fourth-order valence-electron chi connectivity index (χ4n) is 3.00. The van der Waals surface area contributed by atoms with Crippen molar-refractivity contribution in [2.24, 2.45) is 5.92 Å². The summed E-state index contributed by atoms with van der Waals surface area (Å²) in [6.07, 6.45) is -0.525. The first-order valence-corrected chi connectivity index (χ1v) is 8.64. The molecule has 0 aromatic heterocycles. The molecule has 1 heterocycles. The molecule has 144 valence electrons. The van der Waals surface area contributed by atoms with Crippen molar-refractivity contribution >= 4 is 12.1 Å². The molecule has 1 aliphatic rings. The molecule has 0 unspecified atom stereocenters. The highest BCUT2D eigenvalue weighted by Crippen LogP contribution is 2.22. The van der Waals surface area contributed by atoms with Gasteiger partial charge < -0.3 is 19.5 Å². The van der Waals surface area contributed by atoms with Crippen LogP contribution < -0.4 is 10.1 Å². The molecule has 2 rings (SSSR count). The van der Waals surface area contributed by atoms with Crippen LogP contribution in [0.5, 0.6) is 5.75 Å². The second kappa shape index (κ2) is 8.40. The van der Waals surface area contributed by atoms with Gasteiger partial charge in [-0.3, -0.25) is 9.69 Å². The molecule has 1 aromatic rings. The summed E-state index contributed by atoms with van der Waals surface area (Å²) in [5, 5.41) is 2.81. The Morgan fingerprint density at radius 1 is 1.15 bits per heavy atom. The van der Waals surface area contributed by atoms with Crippen LogP contribution in [0, 0.1) is 5.92 Å². The van der Waals surface area contributed by atoms with E-state index in [1.54, 1.807) is 27.9 Å². The molecule has 0 aliphatic carbocycles. The molecule has 1 fully saturated rings. The molecule has 1 amide bonds. The zero-order chi connectivity index (χ0) is 19.3. The van der Waals surface area contributed by atoms with Gasteiger partial charge in [0.25, 0.3) is 0 Å². The van der Waals surface area contributed by atoms with E-state index in [1.807, 2.05) is 24.3 Å². The number of alkyl carbamates (subject to hydrolysis) is 1. The lowest BCUT2D eigenvalue weighted by Gasteiger charge is -2.23. The number of likely N-dealkylation sites (tertiary alicyclic amines) is 1. The zero-order valence-electron chi connectivity index (χ0n) is 16.1. The lowest BCUT2D eigenvalue weighted by Crippen LogP contribution is -2.45. The van der Waals surface area contributed by atoms with Gasteiger partial charge in [-0.25, -0.2) is 4.79 Å². The van der Waals surface area contributed by atoms with Gasteiger partial charge in [0.1, 0.15) is 11.4 Å². The van der Waals surface area contributed by atoms with Crippen molar-refractivity contribution < 1.29 is 23.8 Å². The van der Waals surface area contributed by atoms with Crippen molar-refractivity contribution in [3.63, 3.8) is 0 Å². The summed E-state index contributed by atoms with van der Waals surface area (Å²) < 4.78 is 15.4. The summed E-state index contributed by atoms with van der Waals surface area (Å²) in [6.45, 7) is 7.13. The Labute approximate surface area is 154 Å². The first-order chi connectivity index (χ1) is 12.2. The van der Waals surface area contributed by atoms with Gasteiger partial charge >= 0.3 is 12.1 Å². The number of nitrogens with one attached hydrogen (secondary N) is 1. The maximum Gasteiger partial charge on any atom is 0.407 e. The summed E-state index contributed by atoms with van der Waals surface area (Å²) >= 11 is 0. The standard InChI is InChI=1S/C19H28N2O5/c1-19(2,3)26-18(23)20-16-12-21(11-15(16)17(22)25-5)10-13-6-8-14(24-4)9-7-13/h6-9,15-16H,10-12H2,1-5H3,(H,20,23)/t15-,16+/m1/s1. The van der Waals surface area contributed by atoms with E-state index in [0.29, 0.717) is 19.6 Å². The normalized spacial score (nSPS) is 20.5. The Kier molecular flexibility index (Phi) is 6.47. The Bertz CT molecular complexity index is 624. The van der Waals surface area contributed by atoms with Crippen molar-refractivity contribution in [3.05, 3.63) is 29.8 Å². The Balaban J connectivity index is 2.02. The zero-order valence-corrected chi connectivity index (χ0v) is 16.1. The number of esters is 1. The van der Waals surface area contributed by atoms with Crippen LogP contribution in [-0.4, -0.2) is 55.9 Å². The number of amides is 1. The second-order valence-corrected chi connectivity index (χ2v) is 7.42. The van der Waals surface area contributed by atoms with Crippen LogP contribution >= 0.6 is 0 Å². The van der Waals surface area contributed by atoms with E-state index in [4.69, 9.17) is 14.2 Å². The number of methoxy groups -OCH3 is 2. The topological polar surface area (TPSA) is 77.1 Å². The largest absolute Gasteiger partial charge is 0.497 e. The van der Waals surface area contributed by atoms with Crippen molar-refractivity contribution in [2.45, 2.75) is 39.0 Å². The van der Waals surface area contributed by atoms with E-state index in [0.717, 1.165) is 11.3 Å². The van der Waals surface area contributed by atoms with Crippen molar-refractivity contribution in [3.8, 4) is 5.75 Å². The van der Waals surface area contributed by atoms with Gasteiger partial charge in [-0.05, 0) is 38.5 Å². The molecule has 0 bridgehead atoms. The maximum atomic E-state index is 12.1.